The summed E-state index contributed by atoms with van der Waals surface area (Å²) in [6.07, 6.45) is 6.14. The molecule has 3 N–H and O–H groups in total. The number of piperidine rings is 1. The maximum absolute atomic E-state index is 5.57. The van der Waals surface area contributed by atoms with Gasteiger partial charge in [0.15, 0.2) is 0 Å². The minimum Gasteiger partial charge on any atom is -0.372 e. The molecule has 3 saturated heterocycles. The van der Waals surface area contributed by atoms with Gasteiger partial charge in [-0.05, 0) is 75.4 Å². The largest absolute Gasteiger partial charge is 0.372 e. The first-order chi connectivity index (χ1) is 13.4. The van der Waals surface area contributed by atoms with Crippen molar-refractivity contribution in [2.24, 2.45) is 5.92 Å². The Morgan fingerprint density at radius 3 is 2.61 bits per heavy atom. The standard InChI is InChI=1S/C20H28N6O.ClH/c1-2-10-26(11-3-1)16-6-4-14(5-7-16)19-22-20(27-25-19)18-12-17(23-24-18)15-8-9-21-13-15;/h4-7,15,17-18,21,23-24H,1-3,8-13H2;1H. The van der Waals surface area contributed by atoms with E-state index in [1.54, 1.807) is 0 Å². The Hall–Kier alpha value is -1.67. The zero-order chi connectivity index (χ0) is 18.1. The van der Waals surface area contributed by atoms with Gasteiger partial charge in [-0.25, -0.2) is 5.43 Å². The molecule has 152 valence electrons. The molecule has 0 radical (unpaired) electrons. The number of hydrazine groups is 1. The van der Waals surface area contributed by atoms with Gasteiger partial charge >= 0.3 is 0 Å². The average molecular weight is 405 g/mol. The monoisotopic (exact) mass is 404 g/mol. The molecule has 3 atom stereocenters. The summed E-state index contributed by atoms with van der Waals surface area (Å²) in [6, 6.07) is 9.11. The van der Waals surface area contributed by atoms with E-state index in [0.717, 1.165) is 38.2 Å². The molecule has 3 aliphatic rings. The minimum absolute atomic E-state index is 0. The fourth-order valence-electron chi connectivity index (χ4n) is 4.54. The fourth-order valence-corrected chi connectivity index (χ4v) is 4.54. The molecule has 5 rings (SSSR count). The maximum atomic E-state index is 5.57. The summed E-state index contributed by atoms with van der Waals surface area (Å²) in [6.45, 7) is 4.52. The van der Waals surface area contributed by atoms with Gasteiger partial charge in [0.05, 0.1) is 0 Å². The third-order valence-corrected chi connectivity index (χ3v) is 6.19. The topological polar surface area (TPSA) is 78.2 Å². The summed E-state index contributed by atoms with van der Waals surface area (Å²) in [5.41, 5.74) is 9.05. The molecule has 1 aromatic heterocycles. The van der Waals surface area contributed by atoms with Gasteiger partial charge in [-0.3, -0.25) is 5.43 Å². The number of nitrogens with one attached hydrogen (secondary N) is 3. The molecule has 1 aromatic carbocycles. The van der Waals surface area contributed by atoms with E-state index in [9.17, 15) is 0 Å². The molecule has 0 aliphatic carbocycles. The van der Waals surface area contributed by atoms with Crippen molar-refractivity contribution >= 4 is 18.1 Å². The smallest absolute Gasteiger partial charge is 0.245 e. The second kappa shape index (κ2) is 8.78. The molecule has 7 nitrogen and oxygen atoms in total. The van der Waals surface area contributed by atoms with Crippen molar-refractivity contribution in [1.82, 2.24) is 26.3 Å². The van der Waals surface area contributed by atoms with Crippen LogP contribution in [0.2, 0.25) is 0 Å². The second-order valence-electron chi connectivity index (χ2n) is 7.99. The lowest BCUT2D eigenvalue weighted by molar-refractivity contribution is 0.339. The zero-order valence-electron chi connectivity index (χ0n) is 16.1. The Bertz CT molecular complexity index is 754. The predicted octanol–water partition coefficient (Wildman–Crippen LogP) is 2.67. The summed E-state index contributed by atoms with van der Waals surface area (Å²) in [5.74, 6) is 2.02. The van der Waals surface area contributed by atoms with E-state index >= 15 is 0 Å². The van der Waals surface area contributed by atoms with Crippen LogP contribution in [0.1, 0.15) is 44.0 Å². The van der Waals surface area contributed by atoms with Crippen LogP contribution in [0.15, 0.2) is 28.8 Å². The highest BCUT2D eigenvalue weighted by Gasteiger charge is 2.35. The van der Waals surface area contributed by atoms with Gasteiger partial charge in [0.1, 0.15) is 6.04 Å². The third-order valence-electron chi connectivity index (χ3n) is 6.19. The third kappa shape index (κ3) is 4.03. The highest BCUT2D eigenvalue weighted by atomic mass is 35.5. The van der Waals surface area contributed by atoms with E-state index in [2.05, 4.69) is 55.5 Å². The van der Waals surface area contributed by atoms with Crippen LogP contribution < -0.4 is 21.1 Å². The molecule has 3 unspecified atom stereocenters. The summed E-state index contributed by atoms with van der Waals surface area (Å²) in [7, 11) is 0. The molecule has 0 spiro atoms. The molecule has 8 heteroatoms. The molecule has 28 heavy (non-hydrogen) atoms. The number of hydrogen-bond acceptors (Lipinski definition) is 7. The Morgan fingerprint density at radius 1 is 1.04 bits per heavy atom. The Morgan fingerprint density at radius 2 is 1.86 bits per heavy atom. The van der Waals surface area contributed by atoms with Crippen LogP contribution >= 0.6 is 12.4 Å². The summed E-state index contributed by atoms with van der Waals surface area (Å²) in [5, 5.41) is 7.65. The predicted molar refractivity (Wildman–Crippen MR) is 111 cm³/mol. The quantitative estimate of drug-likeness (QED) is 0.723. The van der Waals surface area contributed by atoms with Gasteiger partial charge in [0.25, 0.3) is 0 Å². The van der Waals surface area contributed by atoms with Gasteiger partial charge in [-0.2, -0.15) is 4.98 Å². The highest BCUT2D eigenvalue weighted by Crippen LogP contribution is 2.29. The molecule has 0 saturated carbocycles. The Kier molecular flexibility index (Phi) is 6.16. The molecule has 0 bridgehead atoms. The first kappa shape index (κ1) is 19.6. The summed E-state index contributed by atoms with van der Waals surface area (Å²) in [4.78, 5) is 7.12. The van der Waals surface area contributed by atoms with E-state index in [1.807, 2.05) is 0 Å². The Balaban J connectivity index is 0.00000192. The molecule has 4 heterocycles. The number of nitrogens with zero attached hydrogens (tertiary/aromatic N) is 3. The van der Waals surface area contributed by atoms with E-state index in [4.69, 9.17) is 4.52 Å². The number of halogens is 1. The van der Waals surface area contributed by atoms with Crippen molar-refractivity contribution in [2.45, 2.75) is 44.2 Å². The molecule has 0 amide bonds. The van der Waals surface area contributed by atoms with E-state index in [0.29, 0.717) is 23.7 Å². The lowest BCUT2D eigenvalue weighted by Gasteiger charge is -2.28. The van der Waals surface area contributed by atoms with E-state index in [1.165, 1.54) is 31.4 Å². The van der Waals surface area contributed by atoms with Crippen LogP contribution in [0.25, 0.3) is 11.4 Å². The molecular formula is C20H29ClN6O. The van der Waals surface area contributed by atoms with Crippen LogP contribution in [0, 0.1) is 5.92 Å². The number of rotatable bonds is 4. The van der Waals surface area contributed by atoms with E-state index < -0.39 is 0 Å². The van der Waals surface area contributed by atoms with Crippen LogP contribution in [0.4, 0.5) is 5.69 Å². The number of benzene rings is 1. The van der Waals surface area contributed by atoms with Crippen molar-refractivity contribution in [3.63, 3.8) is 0 Å². The van der Waals surface area contributed by atoms with Crippen LogP contribution in [-0.2, 0) is 0 Å². The van der Waals surface area contributed by atoms with Gasteiger partial charge in [0, 0.05) is 30.4 Å². The molecule has 2 aromatic rings. The number of aromatic nitrogens is 2. The summed E-state index contributed by atoms with van der Waals surface area (Å²) < 4.78 is 5.57. The second-order valence-corrected chi connectivity index (χ2v) is 7.99. The van der Waals surface area contributed by atoms with Crippen LogP contribution in [0.5, 0.6) is 0 Å². The lowest BCUT2D eigenvalue weighted by atomic mass is 9.95. The van der Waals surface area contributed by atoms with Gasteiger partial charge in [-0.1, -0.05) is 5.16 Å². The van der Waals surface area contributed by atoms with Gasteiger partial charge in [0.2, 0.25) is 11.7 Å². The SMILES string of the molecule is Cl.c1cc(N2CCCCC2)ccc1-c1noc(C2CC(C3CCNC3)NN2)n1. The number of anilines is 1. The normalized spacial score (nSPS) is 27.7. The highest BCUT2D eigenvalue weighted by molar-refractivity contribution is 5.85. The van der Waals surface area contributed by atoms with E-state index in [-0.39, 0.29) is 18.4 Å². The first-order valence-electron chi connectivity index (χ1n) is 10.3. The average Bonchev–Trinajstić information content (AvgIpc) is 3.49. The van der Waals surface area contributed by atoms with Gasteiger partial charge < -0.3 is 14.7 Å². The van der Waals surface area contributed by atoms with Crippen LogP contribution in [0.3, 0.4) is 0 Å². The van der Waals surface area contributed by atoms with Crippen molar-refractivity contribution < 1.29 is 4.52 Å². The van der Waals surface area contributed by atoms with Gasteiger partial charge in [-0.15, -0.1) is 12.4 Å². The van der Waals surface area contributed by atoms with Crippen molar-refractivity contribution in [2.75, 3.05) is 31.1 Å². The summed E-state index contributed by atoms with van der Waals surface area (Å²) >= 11 is 0. The Labute approximate surface area is 172 Å². The van der Waals surface area contributed by atoms with Crippen molar-refractivity contribution in [3.05, 3.63) is 30.2 Å². The first-order valence-corrected chi connectivity index (χ1v) is 10.3. The lowest BCUT2D eigenvalue weighted by Crippen LogP contribution is -2.36. The number of hydrogen-bond donors (Lipinski definition) is 3. The zero-order valence-corrected chi connectivity index (χ0v) is 16.9. The van der Waals surface area contributed by atoms with Crippen molar-refractivity contribution in [1.29, 1.82) is 0 Å². The fraction of sp³-hybridized carbons (Fsp3) is 0.600. The molecular weight excluding hydrogens is 376 g/mol. The van der Waals surface area contributed by atoms with Crippen LogP contribution in [-0.4, -0.2) is 42.4 Å². The molecule has 3 aliphatic heterocycles. The molecule has 3 fully saturated rings. The minimum atomic E-state index is 0. The van der Waals surface area contributed by atoms with Crippen molar-refractivity contribution in [3.8, 4) is 11.4 Å². The maximum Gasteiger partial charge on any atom is 0.245 e.